The molecule has 0 N–H and O–H groups in total. The van der Waals surface area contributed by atoms with Gasteiger partial charge < -0.3 is 4.74 Å². The van der Waals surface area contributed by atoms with E-state index in [0.717, 1.165) is 43.0 Å². The molecule has 2 aliphatic heterocycles. The van der Waals surface area contributed by atoms with Gasteiger partial charge in [-0.2, -0.15) is 15.0 Å². The summed E-state index contributed by atoms with van der Waals surface area (Å²) < 4.78 is 5.53. The molecule has 4 rings (SSSR count). The smallest absolute Gasteiger partial charge is 0.0971 e. The molecule has 2 unspecified atom stereocenters. The van der Waals surface area contributed by atoms with E-state index in [9.17, 15) is 0 Å². The maximum Gasteiger partial charge on any atom is 0.0971 e. The Labute approximate surface area is 143 Å². The third-order valence-electron chi connectivity index (χ3n) is 5.21. The van der Waals surface area contributed by atoms with Gasteiger partial charge in [0, 0.05) is 26.3 Å². The summed E-state index contributed by atoms with van der Waals surface area (Å²) in [5, 5.41) is 9.06. The molecule has 0 amide bonds. The van der Waals surface area contributed by atoms with Gasteiger partial charge in [-0.05, 0) is 56.2 Å². The van der Waals surface area contributed by atoms with Crippen LogP contribution in [0.25, 0.3) is 5.69 Å². The van der Waals surface area contributed by atoms with Crippen LogP contribution in [0.5, 0.6) is 0 Å². The summed E-state index contributed by atoms with van der Waals surface area (Å²) in [6.45, 7) is 5.21. The topological polar surface area (TPSA) is 43.2 Å². The quantitative estimate of drug-likeness (QED) is 0.847. The Kier molecular flexibility index (Phi) is 4.90. The first kappa shape index (κ1) is 15.8. The van der Waals surface area contributed by atoms with Crippen LogP contribution >= 0.6 is 0 Å². The highest BCUT2D eigenvalue weighted by Crippen LogP contribution is 2.28. The number of likely N-dealkylation sites (tertiary alicyclic amines) is 1. The van der Waals surface area contributed by atoms with Crippen LogP contribution < -0.4 is 0 Å². The van der Waals surface area contributed by atoms with E-state index in [1.807, 2.05) is 36.5 Å². The zero-order valence-electron chi connectivity index (χ0n) is 14.2. The molecule has 2 aliphatic rings. The first-order chi connectivity index (χ1) is 11.9. The fourth-order valence-electron chi connectivity index (χ4n) is 4.01. The molecule has 0 saturated carbocycles. The number of ether oxygens (including phenoxy) is 1. The molecule has 2 aromatic rings. The molecule has 5 heteroatoms. The Bertz CT molecular complexity index is 636. The van der Waals surface area contributed by atoms with Crippen molar-refractivity contribution in [2.24, 2.45) is 11.8 Å². The molecule has 0 radical (unpaired) electrons. The highest BCUT2D eigenvalue weighted by molar-refractivity contribution is 5.28. The average molecular weight is 326 g/mol. The summed E-state index contributed by atoms with van der Waals surface area (Å²) in [7, 11) is 0. The Hall–Kier alpha value is -1.72. The summed E-state index contributed by atoms with van der Waals surface area (Å²) in [5.74, 6) is 1.60. The molecular weight excluding hydrogens is 300 g/mol. The lowest BCUT2D eigenvalue weighted by molar-refractivity contribution is 0.137. The van der Waals surface area contributed by atoms with E-state index >= 15 is 0 Å². The van der Waals surface area contributed by atoms with Crippen LogP contribution in [0.15, 0.2) is 36.5 Å². The van der Waals surface area contributed by atoms with E-state index in [1.165, 1.54) is 38.8 Å². The second kappa shape index (κ2) is 7.45. The van der Waals surface area contributed by atoms with Gasteiger partial charge in [-0.1, -0.05) is 18.2 Å². The number of para-hydroxylation sites is 1. The molecular formula is C19H26N4O. The van der Waals surface area contributed by atoms with Gasteiger partial charge in [-0.25, -0.2) is 0 Å². The van der Waals surface area contributed by atoms with E-state index in [2.05, 4.69) is 15.1 Å². The zero-order chi connectivity index (χ0) is 16.2. The van der Waals surface area contributed by atoms with E-state index in [0.29, 0.717) is 0 Å². The van der Waals surface area contributed by atoms with Crippen LogP contribution in [0.4, 0.5) is 0 Å². The predicted octanol–water partition coefficient (Wildman–Crippen LogP) is 2.91. The molecule has 128 valence electrons. The van der Waals surface area contributed by atoms with Crippen molar-refractivity contribution in [2.75, 3.05) is 26.3 Å². The third-order valence-corrected chi connectivity index (χ3v) is 5.21. The highest BCUT2D eigenvalue weighted by Gasteiger charge is 2.25. The van der Waals surface area contributed by atoms with Crippen molar-refractivity contribution in [2.45, 2.75) is 32.2 Å². The number of hydrogen-bond donors (Lipinski definition) is 0. The zero-order valence-corrected chi connectivity index (χ0v) is 14.2. The number of rotatable bonds is 5. The lowest BCUT2D eigenvalue weighted by atomic mass is 9.88. The van der Waals surface area contributed by atoms with Crippen molar-refractivity contribution in [3.05, 3.63) is 42.2 Å². The fourth-order valence-corrected chi connectivity index (χ4v) is 4.01. The van der Waals surface area contributed by atoms with Gasteiger partial charge in [-0.15, -0.1) is 0 Å². The van der Waals surface area contributed by atoms with E-state index in [1.54, 1.807) is 4.80 Å². The van der Waals surface area contributed by atoms with Gasteiger partial charge in [0.05, 0.1) is 17.6 Å². The second-order valence-corrected chi connectivity index (χ2v) is 7.17. The maximum atomic E-state index is 5.53. The molecule has 2 fully saturated rings. The molecule has 1 aromatic carbocycles. The molecule has 0 spiro atoms. The molecule has 5 nitrogen and oxygen atoms in total. The first-order valence-corrected chi connectivity index (χ1v) is 9.13. The van der Waals surface area contributed by atoms with Gasteiger partial charge in [-0.3, -0.25) is 4.90 Å². The van der Waals surface area contributed by atoms with Crippen LogP contribution in [-0.4, -0.2) is 46.2 Å². The highest BCUT2D eigenvalue weighted by atomic mass is 16.5. The fraction of sp³-hybridized carbons (Fsp3) is 0.579. The maximum absolute atomic E-state index is 5.53. The molecule has 24 heavy (non-hydrogen) atoms. The van der Waals surface area contributed by atoms with Crippen molar-refractivity contribution >= 4 is 0 Å². The molecule has 2 atom stereocenters. The van der Waals surface area contributed by atoms with Gasteiger partial charge in [0.2, 0.25) is 0 Å². The molecule has 3 heterocycles. The normalized spacial score (nSPS) is 25.2. The van der Waals surface area contributed by atoms with Crippen LogP contribution in [0.2, 0.25) is 0 Å². The monoisotopic (exact) mass is 326 g/mol. The standard InChI is InChI=1S/C19H26N4O/c1-2-6-19(7-3-1)23-20-12-18(21-23)14-22-9-4-5-16(13-22)11-17-8-10-24-15-17/h1-3,6-7,12,16-17H,4-5,8-11,13-15H2. The SMILES string of the molecule is c1ccc(-n2ncc(CN3CCCC(CC4CCOC4)C3)n2)cc1. The number of benzene rings is 1. The lowest BCUT2D eigenvalue weighted by Gasteiger charge is -2.33. The van der Waals surface area contributed by atoms with Gasteiger partial charge in [0.1, 0.15) is 0 Å². The Balaban J connectivity index is 1.34. The average Bonchev–Trinajstić information content (AvgIpc) is 3.28. The second-order valence-electron chi connectivity index (χ2n) is 7.17. The minimum Gasteiger partial charge on any atom is -0.381 e. The lowest BCUT2D eigenvalue weighted by Crippen LogP contribution is -2.35. The van der Waals surface area contributed by atoms with Crippen molar-refractivity contribution < 1.29 is 4.74 Å². The summed E-state index contributed by atoms with van der Waals surface area (Å²) in [4.78, 5) is 4.27. The number of aromatic nitrogens is 3. The van der Waals surface area contributed by atoms with Crippen LogP contribution in [0.3, 0.4) is 0 Å². The van der Waals surface area contributed by atoms with Crippen LogP contribution in [0, 0.1) is 11.8 Å². The Morgan fingerprint density at radius 2 is 2.04 bits per heavy atom. The minimum absolute atomic E-state index is 0.786. The molecule has 0 aliphatic carbocycles. The van der Waals surface area contributed by atoms with Crippen molar-refractivity contribution in [3.63, 3.8) is 0 Å². The van der Waals surface area contributed by atoms with E-state index < -0.39 is 0 Å². The predicted molar refractivity (Wildman–Crippen MR) is 92.9 cm³/mol. The van der Waals surface area contributed by atoms with Gasteiger partial charge in [0.25, 0.3) is 0 Å². The van der Waals surface area contributed by atoms with Crippen LogP contribution in [-0.2, 0) is 11.3 Å². The number of piperidine rings is 1. The van der Waals surface area contributed by atoms with Crippen molar-refractivity contribution in [3.8, 4) is 5.69 Å². The van der Waals surface area contributed by atoms with Crippen molar-refractivity contribution in [1.82, 2.24) is 19.9 Å². The van der Waals surface area contributed by atoms with Gasteiger partial charge >= 0.3 is 0 Å². The first-order valence-electron chi connectivity index (χ1n) is 9.13. The number of nitrogens with zero attached hydrogens (tertiary/aromatic N) is 4. The summed E-state index contributed by atoms with van der Waals surface area (Å²) in [6.07, 6.45) is 7.14. The minimum atomic E-state index is 0.786. The third kappa shape index (κ3) is 3.84. The van der Waals surface area contributed by atoms with Crippen molar-refractivity contribution in [1.29, 1.82) is 0 Å². The summed E-state index contributed by atoms with van der Waals surface area (Å²) in [6, 6.07) is 10.1. The molecule has 0 bridgehead atoms. The van der Waals surface area contributed by atoms with Crippen LogP contribution in [0.1, 0.15) is 31.4 Å². The summed E-state index contributed by atoms with van der Waals surface area (Å²) >= 11 is 0. The van der Waals surface area contributed by atoms with E-state index in [4.69, 9.17) is 4.74 Å². The van der Waals surface area contributed by atoms with E-state index in [-0.39, 0.29) is 0 Å². The molecule has 2 saturated heterocycles. The summed E-state index contributed by atoms with van der Waals surface area (Å²) in [5.41, 5.74) is 2.07. The Morgan fingerprint density at radius 3 is 2.88 bits per heavy atom. The van der Waals surface area contributed by atoms with Gasteiger partial charge in [0.15, 0.2) is 0 Å². The molecule has 1 aromatic heterocycles. The Morgan fingerprint density at radius 1 is 1.12 bits per heavy atom. The number of hydrogen-bond acceptors (Lipinski definition) is 4. The largest absolute Gasteiger partial charge is 0.381 e.